The number of aliphatic hydroxyl groups is 1. The molecule has 34 heavy (non-hydrogen) atoms. The molecule has 0 aliphatic carbocycles. The molecule has 1 amide bonds. The average Bonchev–Trinajstić information content (AvgIpc) is 2.75. The molecular formula is C25H26F3N3O3. The lowest BCUT2D eigenvalue weighted by Gasteiger charge is -2.46. The summed E-state index contributed by atoms with van der Waals surface area (Å²) in [5.74, 6) is -0.639. The fraction of sp³-hybridized carbons (Fsp3) is 0.360. The van der Waals surface area contributed by atoms with Crippen molar-refractivity contribution in [2.45, 2.75) is 38.8 Å². The molecule has 1 saturated heterocycles. The molecule has 0 radical (unpaired) electrons. The van der Waals surface area contributed by atoms with Crippen LogP contribution in [0.2, 0.25) is 0 Å². The number of halogens is 3. The molecule has 2 heterocycles. The normalized spacial score (nSPS) is 15.9. The molecule has 180 valence electrons. The molecule has 1 aromatic heterocycles. The highest BCUT2D eigenvalue weighted by Crippen LogP contribution is 2.41. The first kappa shape index (κ1) is 23.8. The molecule has 2 aromatic carbocycles. The van der Waals surface area contributed by atoms with Crippen LogP contribution < -0.4 is 10.1 Å². The van der Waals surface area contributed by atoms with Crippen molar-refractivity contribution >= 4 is 22.5 Å². The Bertz CT molecular complexity index is 1260. The Hall–Kier alpha value is -3.33. The Labute approximate surface area is 195 Å². The molecule has 1 fully saturated rings. The maximum atomic E-state index is 14.7. The Balaban J connectivity index is 1.76. The number of carbonyl (C=O) groups is 1. The summed E-state index contributed by atoms with van der Waals surface area (Å²) >= 11 is 0. The molecule has 1 aliphatic heterocycles. The zero-order valence-electron chi connectivity index (χ0n) is 19.3. The third-order valence-corrected chi connectivity index (χ3v) is 6.24. The fourth-order valence-electron chi connectivity index (χ4n) is 4.40. The summed E-state index contributed by atoms with van der Waals surface area (Å²) in [5.41, 5.74) is 0.572. The number of methoxy groups -OCH3 is 1. The SMILES string of the molecule is COc1cc2nc(C)cc(NC(C)c3cccc(C(F)F)c3F)c2cc1C1(O)CN(C(C)=O)C1. The number of likely N-dealkylation sites (tertiary alicyclic amines) is 1. The van der Waals surface area contributed by atoms with Crippen LogP contribution in [0, 0.1) is 12.7 Å². The van der Waals surface area contributed by atoms with Crippen molar-refractivity contribution in [3.63, 3.8) is 0 Å². The standard InChI is InChI=1S/C25H26F3N3O3/c1-13-8-20(30-14(2)16-6-5-7-17(23(16)26)24(27)28)18-9-19(22(34-4)10-21(18)29-13)25(33)11-31(12-25)15(3)32/h5-10,14,24,33H,11-12H2,1-4H3,(H,29,30). The summed E-state index contributed by atoms with van der Waals surface area (Å²) < 4.78 is 46.6. The molecule has 1 aliphatic rings. The third-order valence-electron chi connectivity index (χ3n) is 6.24. The number of aromatic nitrogens is 1. The predicted octanol–water partition coefficient (Wildman–Crippen LogP) is 4.85. The van der Waals surface area contributed by atoms with Gasteiger partial charge in [0.1, 0.15) is 17.2 Å². The van der Waals surface area contributed by atoms with Gasteiger partial charge >= 0.3 is 0 Å². The van der Waals surface area contributed by atoms with Crippen molar-refractivity contribution in [1.29, 1.82) is 0 Å². The highest BCUT2D eigenvalue weighted by Gasteiger charge is 2.46. The number of ether oxygens (including phenoxy) is 1. The number of β-amino-alcohol motifs (C(OH)–C–C–N with tert-alkyl or cyclic N) is 1. The van der Waals surface area contributed by atoms with Crippen LogP contribution >= 0.6 is 0 Å². The number of rotatable bonds is 6. The van der Waals surface area contributed by atoms with E-state index in [1.165, 1.54) is 31.1 Å². The minimum Gasteiger partial charge on any atom is -0.496 e. The number of hydrogen-bond acceptors (Lipinski definition) is 5. The number of benzene rings is 2. The molecule has 0 saturated carbocycles. The topological polar surface area (TPSA) is 74.7 Å². The van der Waals surface area contributed by atoms with Crippen LogP contribution in [0.15, 0.2) is 36.4 Å². The Kier molecular flexibility index (Phi) is 6.16. The second-order valence-corrected chi connectivity index (χ2v) is 8.70. The fourth-order valence-corrected chi connectivity index (χ4v) is 4.40. The van der Waals surface area contributed by atoms with Crippen LogP contribution in [0.3, 0.4) is 0 Å². The molecule has 1 unspecified atom stereocenters. The molecule has 0 spiro atoms. The van der Waals surface area contributed by atoms with Gasteiger partial charge in [-0.1, -0.05) is 18.2 Å². The summed E-state index contributed by atoms with van der Waals surface area (Å²) in [7, 11) is 1.49. The van der Waals surface area contributed by atoms with E-state index >= 15 is 0 Å². The van der Waals surface area contributed by atoms with E-state index in [2.05, 4.69) is 10.3 Å². The first-order chi connectivity index (χ1) is 16.0. The van der Waals surface area contributed by atoms with Gasteiger partial charge in [-0.15, -0.1) is 0 Å². The van der Waals surface area contributed by atoms with Crippen LogP contribution in [-0.4, -0.2) is 41.1 Å². The van der Waals surface area contributed by atoms with Crippen LogP contribution in [0.1, 0.15) is 48.7 Å². The zero-order valence-corrected chi connectivity index (χ0v) is 19.3. The maximum Gasteiger partial charge on any atom is 0.266 e. The molecular weight excluding hydrogens is 447 g/mol. The van der Waals surface area contributed by atoms with Crippen molar-refractivity contribution in [2.24, 2.45) is 0 Å². The molecule has 9 heteroatoms. The lowest BCUT2D eigenvalue weighted by Crippen LogP contribution is -2.60. The third kappa shape index (κ3) is 4.16. The number of anilines is 1. The number of amides is 1. The summed E-state index contributed by atoms with van der Waals surface area (Å²) in [4.78, 5) is 17.7. The van der Waals surface area contributed by atoms with Gasteiger partial charge in [-0.3, -0.25) is 9.78 Å². The van der Waals surface area contributed by atoms with Gasteiger partial charge < -0.3 is 20.1 Å². The monoisotopic (exact) mass is 473 g/mol. The van der Waals surface area contributed by atoms with E-state index in [4.69, 9.17) is 4.74 Å². The highest BCUT2D eigenvalue weighted by atomic mass is 19.3. The highest BCUT2D eigenvalue weighted by molar-refractivity contribution is 5.93. The van der Waals surface area contributed by atoms with Gasteiger partial charge in [0.05, 0.1) is 37.3 Å². The quantitative estimate of drug-likeness (QED) is 0.535. The number of hydrogen-bond donors (Lipinski definition) is 2. The average molecular weight is 473 g/mol. The van der Waals surface area contributed by atoms with E-state index in [0.29, 0.717) is 33.6 Å². The summed E-state index contributed by atoms with van der Waals surface area (Å²) in [5, 5.41) is 15.0. The van der Waals surface area contributed by atoms with Crippen LogP contribution in [0.25, 0.3) is 10.9 Å². The van der Waals surface area contributed by atoms with Gasteiger partial charge in [0.15, 0.2) is 0 Å². The van der Waals surface area contributed by atoms with Crippen molar-refractivity contribution in [3.05, 3.63) is 64.6 Å². The van der Waals surface area contributed by atoms with E-state index in [9.17, 15) is 23.1 Å². The molecule has 3 aromatic rings. The summed E-state index contributed by atoms with van der Waals surface area (Å²) in [6.07, 6.45) is -2.91. The minimum atomic E-state index is -2.91. The van der Waals surface area contributed by atoms with Crippen LogP contribution in [-0.2, 0) is 10.4 Å². The number of nitrogens with zero attached hydrogens (tertiary/aromatic N) is 2. The first-order valence-corrected chi connectivity index (χ1v) is 10.8. The van der Waals surface area contributed by atoms with Crippen molar-refractivity contribution in [3.8, 4) is 5.75 Å². The number of nitrogens with one attached hydrogen (secondary N) is 1. The largest absolute Gasteiger partial charge is 0.496 e. The van der Waals surface area contributed by atoms with Gasteiger partial charge in [0.25, 0.3) is 6.43 Å². The Morgan fingerprint density at radius 2 is 1.91 bits per heavy atom. The number of alkyl halides is 2. The minimum absolute atomic E-state index is 0.115. The molecule has 6 nitrogen and oxygen atoms in total. The van der Waals surface area contributed by atoms with Gasteiger partial charge in [0.2, 0.25) is 5.91 Å². The van der Waals surface area contributed by atoms with Crippen LogP contribution in [0.5, 0.6) is 5.75 Å². The van der Waals surface area contributed by atoms with Crippen molar-refractivity contribution < 1.29 is 27.8 Å². The number of carbonyl (C=O) groups excluding carboxylic acids is 1. The molecule has 0 bridgehead atoms. The van der Waals surface area contributed by atoms with Gasteiger partial charge in [-0.2, -0.15) is 0 Å². The van der Waals surface area contributed by atoms with E-state index < -0.39 is 29.4 Å². The number of fused-ring (bicyclic) bond motifs is 1. The second kappa shape index (κ2) is 8.79. The zero-order chi connectivity index (χ0) is 24.8. The van der Waals surface area contributed by atoms with Gasteiger partial charge in [-0.05, 0) is 26.0 Å². The van der Waals surface area contributed by atoms with E-state index in [1.807, 2.05) is 0 Å². The Morgan fingerprint density at radius 1 is 1.24 bits per heavy atom. The summed E-state index contributed by atoms with van der Waals surface area (Å²) in [6.45, 7) is 5.19. The molecule has 4 rings (SSSR count). The predicted molar refractivity (Wildman–Crippen MR) is 123 cm³/mol. The number of pyridine rings is 1. The van der Waals surface area contributed by atoms with Gasteiger partial charge in [0, 0.05) is 40.9 Å². The maximum absolute atomic E-state index is 14.7. The van der Waals surface area contributed by atoms with E-state index in [-0.39, 0.29) is 24.6 Å². The molecule has 2 N–H and O–H groups in total. The Morgan fingerprint density at radius 3 is 2.53 bits per heavy atom. The number of aryl methyl sites for hydroxylation is 1. The van der Waals surface area contributed by atoms with Crippen LogP contribution in [0.4, 0.5) is 18.9 Å². The van der Waals surface area contributed by atoms with E-state index in [1.54, 1.807) is 32.0 Å². The lowest BCUT2D eigenvalue weighted by molar-refractivity contribution is -0.155. The van der Waals surface area contributed by atoms with Gasteiger partial charge in [-0.25, -0.2) is 13.2 Å². The van der Waals surface area contributed by atoms with Crippen molar-refractivity contribution in [2.75, 3.05) is 25.5 Å². The lowest BCUT2D eigenvalue weighted by atomic mass is 9.84. The molecule has 1 atom stereocenters. The van der Waals surface area contributed by atoms with E-state index in [0.717, 1.165) is 6.07 Å². The summed E-state index contributed by atoms with van der Waals surface area (Å²) in [6, 6.07) is 8.55. The smallest absolute Gasteiger partial charge is 0.266 e. The van der Waals surface area contributed by atoms with Crippen molar-refractivity contribution in [1.82, 2.24) is 9.88 Å². The second-order valence-electron chi connectivity index (χ2n) is 8.70. The first-order valence-electron chi connectivity index (χ1n) is 10.8.